The largest absolute Gasteiger partial charge is 0.493 e. The molecule has 0 radical (unpaired) electrons. The summed E-state index contributed by atoms with van der Waals surface area (Å²) in [6.07, 6.45) is 2.12. The Kier molecular flexibility index (Phi) is 9.02. The maximum absolute atomic E-state index is 13.8. The summed E-state index contributed by atoms with van der Waals surface area (Å²) >= 11 is 0. The summed E-state index contributed by atoms with van der Waals surface area (Å²) in [5, 5.41) is 18.0. The fourth-order valence-corrected chi connectivity index (χ4v) is 6.92. The second kappa shape index (κ2) is 12.6. The van der Waals surface area contributed by atoms with Crippen molar-refractivity contribution in [3.05, 3.63) is 45.7 Å². The molecule has 0 spiro atoms. The molecule has 0 amide bonds. The van der Waals surface area contributed by atoms with Gasteiger partial charge in [0, 0.05) is 39.8 Å². The molecule has 1 N–H and O–H groups in total. The summed E-state index contributed by atoms with van der Waals surface area (Å²) in [5.74, 6) is 1.29. The van der Waals surface area contributed by atoms with Gasteiger partial charge in [0.2, 0.25) is 10.0 Å². The smallest absolute Gasteiger partial charge is 0.281 e. The van der Waals surface area contributed by atoms with E-state index in [0.29, 0.717) is 79.7 Å². The molecule has 0 saturated carbocycles. The Labute approximate surface area is 250 Å². The zero-order chi connectivity index (χ0) is 30.9. The van der Waals surface area contributed by atoms with E-state index in [0.717, 1.165) is 18.5 Å². The highest BCUT2D eigenvalue weighted by Crippen LogP contribution is 2.34. The number of aryl methyl sites for hydroxylation is 3. The number of aromatic nitrogens is 5. The van der Waals surface area contributed by atoms with E-state index in [-0.39, 0.29) is 28.4 Å². The van der Waals surface area contributed by atoms with E-state index in [1.807, 2.05) is 25.7 Å². The number of hydrogen-bond acceptors (Lipinski definition) is 10. The molecular formula is C29H39N7O6S. The lowest BCUT2D eigenvalue weighted by Gasteiger charge is -2.33. The number of benzene rings is 1. The lowest BCUT2D eigenvalue weighted by Crippen LogP contribution is -2.49. The van der Waals surface area contributed by atoms with E-state index < -0.39 is 10.0 Å². The van der Waals surface area contributed by atoms with Gasteiger partial charge in [-0.3, -0.25) is 14.3 Å². The third-order valence-corrected chi connectivity index (χ3v) is 9.62. The predicted molar refractivity (Wildman–Crippen MR) is 161 cm³/mol. The van der Waals surface area contributed by atoms with E-state index >= 15 is 0 Å². The number of rotatable bonds is 11. The van der Waals surface area contributed by atoms with Gasteiger partial charge >= 0.3 is 0 Å². The Morgan fingerprint density at radius 2 is 1.81 bits per heavy atom. The van der Waals surface area contributed by atoms with Crippen LogP contribution in [0.2, 0.25) is 0 Å². The molecule has 0 atom stereocenters. The SMILES string of the molecule is CCCOc1ccc(S(=O)(=O)N2CCN(CCO)CC2)cc1-c1nc2c(CCC)n(-c3c(C)noc3C)nc2c(=O)n1C. The molecule has 3 aromatic heterocycles. The van der Waals surface area contributed by atoms with Crippen molar-refractivity contribution >= 4 is 21.1 Å². The Hall–Kier alpha value is -3.59. The zero-order valence-corrected chi connectivity index (χ0v) is 26.1. The maximum Gasteiger partial charge on any atom is 0.281 e. The molecular weight excluding hydrogens is 574 g/mol. The van der Waals surface area contributed by atoms with Crippen LogP contribution in [0.4, 0.5) is 0 Å². The minimum absolute atomic E-state index is 0.0302. The van der Waals surface area contributed by atoms with Crippen LogP contribution in [0.25, 0.3) is 28.1 Å². The van der Waals surface area contributed by atoms with Crippen LogP contribution in [0.5, 0.6) is 5.75 Å². The van der Waals surface area contributed by atoms with Crippen LogP contribution >= 0.6 is 0 Å². The molecule has 1 saturated heterocycles. The summed E-state index contributed by atoms with van der Waals surface area (Å²) in [7, 11) is -2.24. The van der Waals surface area contributed by atoms with Crippen molar-refractivity contribution in [1.82, 2.24) is 33.7 Å². The van der Waals surface area contributed by atoms with Gasteiger partial charge in [0.25, 0.3) is 5.56 Å². The molecule has 0 unspecified atom stereocenters. The molecule has 43 heavy (non-hydrogen) atoms. The van der Waals surface area contributed by atoms with Crippen LogP contribution in [0.1, 0.15) is 43.8 Å². The lowest BCUT2D eigenvalue weighted by molar-refractivity contribution is 0.151. The lowest BCUT2D eigenvalue weighted by atomic mass is 10.1. The standard InChI is InChI=1S/C29H39N7O6S/c1-6-8-23-25-26(31-36(23)27-19(3)32-42-20(27)4)29(38)33(5)28(30-25)22-18-21(9-10-24(22)41-17-7-2)43(39,40)35-13-11-34(12-14-35)15-16-37/h9-10,18,37H,6-8,11-17H2,1-5H3. The molecule has 13 nitrogen and oxygen atoms in total. The summed E-state index contributed by atoms with van der Waals surface area (Å²) in [5.41, 5.74) is 2.74. The molecule has 0 bridgehead atoms. The second-order valence-electron chi connectivity index (χ2n) is 10.8. The highest BCUT2D eigenvalue weighted by Gasteiger charge is 2.30. The number of piperazine rings is 1. The van der Waals surface area contributed by atoms with Gasteiger partial charge in [-0.1, -0.05) is 25.4 Å². The fourth-order valence-electron chi connectivity index (χ4n) is 5.48. The van der Waals surface area contributed by atoms with Crippen LogP contribution in [0, 0.1) is 13.8 Å². The minimum atomic E-state index is -3.85. The Bertz CT molecular complexity index is 1770. The molecule has 1 aliphatic rings. The molecule has 5 rings (SSSR count). The van der Waals surface area contributed by atoms with Gasteiger partial charge in [0.05, 0.1) is 29.4 Å². The molecule has 4 heterocycles. The van der Waals surface area contributed by atoms with E-state index in [1.165, 1.54) is 8.87 Å². The molecule has 14 heteroatoms. The first-order valence-electron chi connectivity index (χ1n) is 14.6. The topological polar surface area (TPSA) is 149 Å². The van der Waals surface area contributed by atoms with Crippen LogP contribution in [-0.4, -0.2) is 93.2 Å². The summed E-state index contributed by atoms with van der Waals surface area (Å²) in [6.45, 7) is 10.3. The normalized spacial score (nSPS) is 15.0. The van der Waals surface area contributed by atoms with E-state index in [2.05, 4.69) is 10.3 Å². The molecule has 1 aromatic carbocycles. The number of hydrogen-bond donors (Lipinski definition) is 1. The molecule has 232 valence electrons. The number of aliphatic hydroxyl groups excluding tert-OH is 1. The van der Waals surface area contributed by atoms with Gasteiger partial charge in [0.1, 0.15) is 28.5 Å². The minimum Gasteiger partial charge on any atom is -0.493 e. The van der Waals surface area contributed by atoms with Crippen LogP contribution in [-0.2, 0) is 23.5 Å². The van der Waals surface area contributed by atoms with Crippen molar-refractivity contribution in [1.29, 1.82) is 0 Å². The van der Waals surface area contributed by atoms with Crippen LogP contribution in [0.3, 0.4) is 0 Å². The number of β-amino-alcohol motifs (C(OH)–C–C–N with tert-alkyl or cyclic N) is 1. The summed E-state index contributed by atoms with van der Waals surface area (Å²) in [4.78, 5) is 20.9. The zero-order valence-electron chi connectivity index (χ0n) is 25.3. The van der Waals surface area contributed by atoms with Crippen molar-refractivity contribution in [2.24, 2.45) is 7.05 Å². The number of fused-ring (bicyclic) bond motifs is 1. The highest BCUT2D eigenvalue weighted by atomic mass is 32.2. The van der Waals surface area contributed by atoms with Crippen molar-refractivity contribution in [3.8, 4) is 22.8 Å². The quantitative estimate of drug-likeness (QED) is 0.267. The Morgan fingerprint density at radius 1 is 1.07 bits per heavy atom. The van der Waals surface area contributed by atoms with Crippen LogP contribution in [0.15, 0.2) is 32.4 Å². The average Bonchev–Trinajstić information content (AvgIpc) is 3.52. The molecule has 4 aromatic rings. The van der Waals surface area contributed by atoms with Gasteiger partial charge in [-0.15, -0.1) is 0 Å². The first-order valence-corrected chi connectivity index (χ1v) is 16.1. The van der Waals surface area contributed by atoms with E-state index in [9.17, 15) is 18.3 Å². The highest BCUT2D eigenvalue weighted by molar-refractivity contribution is 7.89. The van der Waals surface area contributed by atoms with Gasteiger partial charge in [0.15, 0.2) is 11.3 Å². The third kappa shape index (κ3) is 5.71. The summed E-state index contributed by atoms with van der Waals surface area (Å²) < 4.78 is 43.5. The van der Waals surface area contributed by atoms with Gasteiger partial charge in [-0.25, -0.2) is 18.1 Å². The van der Waals surface area contributed by atoms with Crippen molar-refractivity contribution in [2.75, 3.05) is 45.9 Å². The van der Waals surface area contributed by atoms with Crippen molar-refractivity contribution in [2.45, 2.75) is 51.9 Å². The van der Waals surface area contributed by atoms with E-state index in [1.54, 1.807) is 36.9 Å². The summed E-state index contributed by atoms with van der Waals surface area (Å²) in [6, 6.07) is 4.72. The molecule has 1 aliphatic heterocycles. The number of aliphatic hydroxyl groups is 1. The monoisotopic (exact) mass is 613 g/mol. The maximum atomic E-state index is 13.8. The van der Waals surface area contributed by atoms with Gasteiger partial charge in [-0.05, 0) is 44.9 Å². The average molecular weight is 614 g/mol. The van der Waals surface area contributed by atoms with Gasteiger partial charge < -0.3 is 14.4 Å². The van der Waals surface area contributed by atoms with E-state index in [4.69, 9.17) is 14.2 Å². The van der Waals surface area contributed by atoms with Gasteiger partial charge in [-0.2, -0.15) is 9.40 Å². The molecule has 1 fully saturated rings. The predicted octanol–water partition coefficient (Wildman–Crippen LogP) is 2.43. The first kappa shape index (κ1) is 30.9. The van der Waals surface area contributed by atoms with Crippen molar-refractivity contribution in [3.63, 3.8) is 0 Å². The number of nitrogens with zero attached hydrogens (tertiary/aromatic N) is 7. The number of ether oxygens (including phenoxy) is 1. The third-order valence-electron chi connectivity index (χ3n) is 7.73. The van der Waals surface area contributed by atoms with Crippen LogP contribution < -0.4 is 10.3 Å². The Balaban J connectivity index is 1.67. The fraction of sp³-hybridized carbons (Fsp3) is 0.517. The molecule has 0 aliphatic carbocycles. The van der Waals surface area contributed by atoms with Crippen molar-refractivity contribution < 1.29 is 22.8 Å². The Morgan fingerprint density at radius 3 is 2.44 bits per heavy atom. The first-order chi connectivity index (χ1) is 20.6. The second-order valence-corrected chi connectivity index (χ2v) is 12.7. The number of sulfonamides is 1.